The molecule has 1 fully saturated rings. The first-order valence-electron chi connectivity index (χ1n) is 7.71. The second-order valence-corrected chi connectivity index (χ2v) is 7.55. The van der Waals surface area contributed by atoms with Crippen molar-refractivity contribution in [1.82, 2.24) is 4.90 Å². The van der Waals surface area contributed by atoms with E-state index in [9.17, 15) is 4.79 Å². The third-order valence-corrected chi connectivity index (χ3v) is 5.71. The Morgan fingerprint density at radius 3 is 2.57 bits per heavy atom. The number of rotatable bonds is 3. The normalized spacial score (nSPS) is 17.3. The molecule has 1 aliphatic heterocycles. The van der Waals surface area contributed by atoms with E-state index in [2.05, 4.69) is 52.4 Å². The molecule has 0 aliphatic carbocycles. The summed E-state index contributed by atoms with van der Waals surface area (Å²) in [6.45, 7) is 2.89. The van der Waals surface area contributed by atoms with Crippen LogP contribution in [0.15, 0.2) is 53.0 Å². The predicted molar refractivity (Wildman–Crippen MR) is 101 cm³/mol. The van der Waals surface area contributed by atoms with Crippen LogP contribution in [0.25, 0.3) is 0 Å². The fraction of sp³-hybridized carbons (Fsp3) is 0.278. The van der Waals surface area contributed by atoms with E-state index >= 15 is 0 Å². The Kier molecular flexibility index (Phi) is 5.28. The van der Waals surface area contributed by atoms with Gasteiger partial charge in [-0.1, -0.05) is 47.1 Å². The number of halogens is 1. The molecular weight excluding hydrogens is 372 g/mol. The van der Waals surface area contributed by atoms with E-state index in [1.165, 1.54) is 5.56 Å². The Balaban J connectivity index is 1.71. The van der Waals surface area contributed by atoms with Crippen molar-refractivity contribution in [1.29, 1.82) is 0 Å². The van der Waals surface area contributed by atoms with Crippen LogP contribution < -0.4 is 5.32 Å². The van der Waals surface area contributed by atoms with Gasteiger partial charge in [-0.15, -0.1) is 11.8 Å². The molecule has 23 heavy (non-hydrogen) atoms. The average Bonchev–Trinajstić information content (AvgIpc) is 3.06. The van der Waals surface area contributed by atoms with Gasteiger partial charge in [0, 0.05) is 22.5 Å². The van der Waals surface area contributed by atoms with Crippen molar-refractivity contribution in [3.8, 4) is 0 Å². The predicted octanol–water partition coefficient (Wildman–Crippen LogP) is 5.29. The molecule has 2 aromatic rings. The highest BCUT2D eigenvalue weighted by Gasteiger charge is 2.30. The van der Waals surface area contributed by atoms with Crippen molar-refractivity contribution in [3.63, 3.8) is 0 Å². The molecule has 2 aromatic carbocycles. The number of nitrogens with zero attached hydrogens (tertiary/aromatic N) is 1. The molecule has 0 aromatic heterocycles. The number of carbonyl (C=O) groups excluding carboxylic acids is 1. The molecule has 120 valence electrons. The minimum atomic E-state index is -0.0350. The van der Waals surface area contributed by atoms with Gasteiger partial charge >= 0.3 is 6.03 Å². The number of thioether (sulfide) groups is 1. The second kappa shape index (κ2) is 7.41. The van der Waals surface area contributed by atoms with Crippen LogP contribution in [0.4, 0.5) is 10.5 Å². The lowest BCUT2D eigenvalue weighted by Gasteiger charge is -2.24. The molecule has 1 atom stereocenters. The largest absolute Gasteiger partial charge is 0.323 e. The molecule has 0 saturated carbocycles. The van der Waals surface area contributed by atoms with Gasteiger partial charge in [0.1, 0.15) is 5.37 Å². The molecule has 0 bridgehead atoms. The van der Waals surface area contributed by atoms with E-state index in [0.29, 0.717) is 0 Å². The highest BCUT2D eigenvalue weighted by atomic mass is 79.9. The highest BCUT2D eigenvalue weighted by molar-refractivity contribution is 9.10. The van der Waals surface area contributed by atoms with Crippen LogP contribution in [-0.2, 0) is 6.42 Å². The van der Waals surface area contributed by atoms with Crippen LogP contribution in [0.3, 0.4) is 0 Å². The van der Waals surface area contributed by atoms with Crippen LogP contribution in [-0.4, -0.2) is 23.2 Å². The fourth-order valence-corrected chi connectivity index (χ4v) is 4.12. The topological polar surface area (TPSA) is 32.3 Å². The van der Waals surface area contributed by atoms with Crippen molar-refractivity contribution < 1.29 is 4.79 Å². The summed E-state index contributed by atoms with van der Waals surface area (Å²) in [6.07, 6.45) is 1.00. The molecule has 1 unspecified atom stereocenters. The van der Waals surface area contributed by atoms with E-state index in [1.807, 2.05) is 29.2 Å². The molecule has 3 nitrogen and oxygen atoms in total. The highest BCUT2D eigenvalue weighted by Crippen LogP contribution is 2.38. The van der Waals surface area contributed by atoms with Gasteiger partial charge in [-0.05, 0) is 41.8 Å². The number of benzene rings is 2. The zero-order valence-electron chi connectivity index (χ0n) is 13.0. The first-order chi connectivity index (χ1) is 11.2. The SMILES string of the molecule is CCc1ccc(NC(=O)N2CCSC2c2ccc(Br)cc2)cc1. The van der Waals surface area contributed by atoms with E-state index in [-0.39, 0.29) is 11.4 Å². The Hall–Kier alpha value is -1.46. The number of nitrogens with one attached hydrogen (secondary N) is 1. The summed E-state index contributed by atoms with van der Waals surface area (Å²) >= 11 is 5.26. The lowest BCUT2D eigenvalue weighted by Crippen LogP contribution is -2.34. The molecule has 3 rings (SSSR count). The number of hydrogen-bond acceptors (Lipinski definition) is 2. The van der Waals surface area contributed by atoms with Crippen LogP contribution in [0, 0.1) is 0 Å². The van der Waals surface area contributed by atoms with Crippen molar-refractivity contribution in [2.75, 3.05) is 17.6 Å². The number of carbonyl (C=O) groups is 1. The number of aryl methyl sites for hydroxylation is 1. The zero-order valence-corrected chi connectivity index (χ0v) is 15.4. The Bertz CT molecular complexity index is 672. The van der Waals surface area contributed by atoms with Crippen LogP contribution in [0.2, 0.25) is 0 Å². The minimum absolute atomic E-state index is 0.0350. The number of anilines is 1. The summed E-state index contributed by atoms with van der Waals surface area (Å²) in [5, 5.41) is 3.09. The molecule has 5 heteroatoms. The second-order valence-electron chi connectivity index (χ2n) is 5.45. The summed E-state index contributed by atoms with van der Waals surface area (Å²) in [6, 6.07) is 16.2. The molecular formula is C18H19BrN2OS. The maximum absolute atomic E-state index is 12.6. The Morgan fingerprint density at radius 1 is 1.22 bits per heavy atom. The summed E-state index contributed by atoms with van der Waals surface area (Å²) < 4.78 is 1.05. The van der Waals surface area contributed by atoms with E-state index in [4.69, 9.17) is 0 Å². The molecule has 2 amide bonds. The van der Waals surface area contributed by atoms with Crippen molar-refractivity contribution >= 4 is 39.4 Å². The molecule has 1 saturated heterocycles. The first kappa shape index (κ1) is 16.4. The maximum Gasteiger partial charge on any atom is 0.323 e. The van der Waals surface area contributed by atoms with Crippen molar-refractivity contribution in [2.24, 2.45) is 0 Å². The van der Waals surface area contributed by atoms with Gasteiger partial charge in [0.2, 0.25) is 0 Å². The van der Waals surface area contributed by atoms with Crippen molar-refractivity contribution in [3.05, 3.63) is 64.1 Å². The monoisotopic (exact) mass is 390 g/mol. The van der Waals surface area contributed by atoms with Gasteiger partial charge in [-0.3, -0.25) is 0 Å². The van der Waals surface area contributed by atoms with Crippen LogP contribution >= 0.6 is 27.7 Å². The van der Waals surface area contributed by atoms with E-state index < -0.39 is 0 Å². The average molecular weight is 391 g/mol. The van der Waals surface area contributed by atoms with Crippen molar-refractivity contribution in [2.45, 2.75) is 18.7 Å². The Labute approximate surface area is 149 Å². The minimum Gasteiger partial charge on any atom is -0.308 e. The van der Waals surface area contributed by atoms with Crippen LogP contribution in [0.1, 0.15) is 23.4 Å². The summed E-state index contributed by atoms with van der Waals surface area (Å²) in [4.78, 5) is 14.5. The molecule has 1 N–H and O–H groups in total. The van der Waals surface area contributed by atoms with Gasteiger partial charge in [0.25, 0.3) is 0 Å². The molecule has 1 heterocycles. The van der Waals surface area contributed by atoms with E-state index in [0.717, 1.165) is 34.4 Å². The number of urea groups is 1. The number of hydrogen-bond donors (Lipinski definition) is 1. The summed E-state index contributed by atoms with van der Waals surface area (Å²) in [5.41, 5.74) is 3.28. The molecule has 0 radical (unpaired) electrons. The molecule has 0 spiro atoms. The lowest BCUT2D eigenvalue weighted by molar-refractivity contribution is 0.214. The van der Waals surface area contributed by atoms with Gasteiger partial charge < -0.3 is 10.2 Å². The Morgan fingerprint density at radius 2 is 1.91 bits per heavy atom. The molecule has 1 aliphatic rings. The lowest BCUT2D eigenvalue weighted by atomic mass is 10.1. The quantitative estimate of drug-likeness (QED) is 0.771. The fourth-order valence-electron chi connectivity index (χ4n) is 2.60. The van der Waals surface area contributed by atoms with Crippen LogP contribution in [0.5, 0.6) is 0 Å². The zero-order chi connectivity index (χ0) is 16.2. The standard InChI is InChI=1S/C18H19BrN2OS/c1-2-13-3-9-16(10-4-13)20-18(22)21-11-12-23-17(21)14-5-7-15(19)8-6-14/h3-10,17H,2,11-12H2,1H3,(H,20,22). The summed E-state index contributed by atoms with van der Waals surface area (Å²) in [7, 11) is 0. The van der Waals surface area contributed by atoms with Gasteiger partial charge in [0.05, 0.1) is 0 Å². The summed E-state index contributed by atoms with van der Waals surface area (Å²) in [5.74, 6) is 0.961. The number of amides is 2. The smallest absolute Gasteiger partial charge is 0.308 e. The van der Waals surface area contributed by atoms with Gasteiger partial charge in [-0.25, -0.2) is 4.79 Å². The third-order valence-electron chi connectivity index (χ3n) is 3.92. The third kappa shape index (κ3) is 3.90. The van der Waals surface area contributed by atoms with Gasteiger partial charge in [0.15, 0.2) is 0 Å². The van der Waals surface area contributed by atoms with E-state index in [1.54, 1.807) is 11.8 Å². The first-order valence-corrected chi connectivity index (χ1v) is 9.55. The van der Waals surface area contributed by atoms with Gasteiger partial charge in [-0.2, -0.15) is 0 Å². The maximum atomic E-state index is 12.6.